The zero-order valence-corrected chi connectivity index (χ0v) is 4.58. The van der Waals surface area contributed by atoms with Gasteiger partial charge in [0.05, 0.1) is 0 Å². The second kappa shape index (κ2) is 2.17. The molecular formula is C4H2F2NS. The van der Waals surface area contributed by atoms with Crippen LogP contribution < -0.4 is 0 Å². The van der Waals surface area contributed by atoms with Gasteiger partial charge in [-0.1, -0.05) is 0 Å². The van der Waals surface area contributed by atoms with Crippen LogP contribution in [0.1, 0.15) is 12.1 Å². The fourth-order valence-electron chi connectivity index (χ4n) is 0.299. The van der Waals surface area contributed by atoms with Crippen LogP contribution in [-0.4, -0.2) is 4.37 Å². The molecule has 0 fully saturated rings. The molecule has 0 unspecified atom stereocenters. The van der Waals surface area contributed by atoms with Crippen LogP contribution in [0, 0.1) is 6.07 Å². The lowest BCUT2D eigenvalue weighted by Crippen LogP contribution is -1.79. The first kappa shape index (κ1) is 5.62. The Kier molecular flexibility index (Phi) is 1.53. The van der Waals surface area contributed by atoms with Gasteiger partial charge in [-0.2, -0.15) is 4.37 Å². The molecule has 8 heavy (non-hydrogen) atoms. The Morgan fingerprint density at radius 2 is 2.50 bits per heavy atom. The lowest BCUT2D eigenvalue weighted by atomic mass is 10.5. The molecule has 1 rings (SSSR count). The van der Waals surface area contributed by atoms with E-state index in [1.54, 1.807) is 0 Å². The van der Waals surface area contributed by atoms with E-state index in [9.17, 15) is 8.78 Å². The summed E-state index contributed by atoms with van der Waals surface area (Å²) in [5.74, 6) is 0. The summed E-state index contributed by atoms with van der Waals surface area (Å²) in [5, 5.41) is 1.40. The van der Waals surface area contributed by atoms with Crippen molar-refractivity contribution in [3.8, 4) is 0 Å². The van der Waals surface area contributed by atoms with Crippen LogP contribution in [0.5, 0.6) is 0 Å². The Hall–Kier alpha value is -0.510. The molecular weight excluding hydrogens is 132 g/mol. The summed E-state index contributed by atoms with van der Waals surface area (Å²) < 4.78 is 26.4. The molecule has 0 aromatic carbocycles. The van der Waals surface area contributed by atoms with Gasteiger partial charge in [0.25, 0.3) is 6.43 Å². The molecule has 0 spiro atoms. The Labute approximate surface area is 49.1 Å². The van der Waals surface area contributed by atoms with Crippen molar-refractivity contribution in [1.82, 2.24) is 4.37 Å². The predicted molar refractivity (Wildman–Crippen MR) is 25.9 cm³/mol. The van der Waals surface area contributed by atoms with E-state index in [4.69, 9.17) is 0 Å². The van der Waals surface area contributed by atoms with E-state index in [1.807, 2.05) is 0 Å². The van der Waals surface area contributed by atoms with Gasteiger partial charge in [-0.15, -0.1) is 0 Å². The molecule has 1 aromatic rings. The van der Waals surface area contributed by atoms with Gasteiger partial charge in [-0.05, 0) is 11.5 Å². The Bertz CT molecular complexity index is 149. The largest absolute Gasteiger partial charge is 0.282 e. The lowest BCUT2D eigenvalue weighted by molar-refractivity contribution is 0.147. The summed E-state index contributed by atoms with van der Waals surface area (Å²) in [6, 6.07) is 2.29. The third kappa shape index (κ3) is 1.01. The molecule has 0 bridgehead atoms. The molecule has 0 aliphatic rings. The van der Waals surface area contributed by atoms with Gasteiger partial charge < -0.3 is 0 Å². The van der Waals surface area contributed by atoms with Gasteiger partial charge in [0.1, 0.15) is 5.69 Å². The molecule has 1 heterocycles. The maximum absolute atomic E-state index is 11.5. The highest BCUT2D eigenvalue weighted by atomic mass is 32.1. The van der Waals surface area contributed by atoms with Gasteiger partial charge in [-0.25, -0.2) is 8.78 Å². The first-order chi connectivity index (χ1) is 3.80. The van der Waals surface area contributed by atoms with Crippen LogP contribution in [0.4, 0.5) is 8.78 Å². The topological polar surface area (TPSA) is 12.9 Å². The number of halogens is 2. The van der Waals surface area contributed by atoms with Crippen LogP contribution >= 0.6 is 11.5 Å². The summed E-state index contributed by atoms with van der Waals surface area (Å²) in [6.07, 6.45) is -2.47. The standard InChI is InChI=1S/C4H2F2NS/c5-4(6)3-1-2-8-7-3/h2,4H. The first-order valence-corrected chi connectivity index (χ1v) is 2.74. The van der Waals surface area contributed by atoms with E-state index in [-0.39, 0.29) is 5.69 Å². The maximum atomic E-state index is 11.5. The van der Waals surface area contributed by atoms with Gasteiger partial charge >= 0.3 is 0 Å². The van der Waals surface area contributed by atoms with Crippen LogP contribution in [0.2, 0.25) is 0 Å². The van der Waals surface area contributed by atoms with Crippen molar-refractivity contribution in [2.24, 2.45) is 0 Å². The second-order valence-electron chi connectivity index (χ2n) is 1.14. The number of aromatic nitrogens is 1. The minimum Gasteiger partial charge on any atom is -0.203 e. The molecule has 4 heteroatoms. The highest BCUT2D eigenvalue weighted by Gasteiger charge is 2.07. The monoisotopic (exact) mass is 134 g/mol. The fraction of sp³-hybridized carbons (Fsp3) is 0.250. The quantitative estimate of drug-likeness (QED) is 0.571. The highest BCUT2D eigenvalue weighted by Crippen LogP contribution is 2.15. The highest BCUT2D eigenvalue weighted by molar-refractivity contribution is 7.03. The lowest BCUT2D eigenvalue weighted by Gasteiger charge is -1.85. The molecule has 0 atom stereocenters. The zero-order chi connectivity index (χ0) is 5.98. The smallest absolute Gasteiger partial charge is 0.203 e. The fourth-order valence-corrected chi connectivity index (χ4v) is 0.771. The molecule has 1 radical (unpaired) electrons. The Morgan fingerprint density at radius 1 is 1.75 bits per heavy atom. The molecule has 0 saturated carbocycles. The van der Waals surface area contributed by atoms with Crippen LogP contribution in [-0.2, 0) is 0 Å². The van der Waals surface area contributed by atoms with Crippen LogP contribution in [0.3, 0.4) is 0 Å². The number of nitrogens with zero attached hydrogens (tertiary/aromatic N) is 1. The summed E-state index contributed by atoms with van der Waals surface area (Å²) in [4.78, 5) is 0. The summed E-state index contributed by atoms with van der Waals surface area (Å²) >= 11 is 0.982. The van der Waals surface area contributed by atoms with Gasteiger partial charge in [0.2, 0.25) is 0 Å². The second-order valence-corrected chi connectivity index (χ2v) is 1.77. The number of hydrogen-bond donors (Lipinski definition) is 0. The summed E-state index contributed by atoms with van der Waals surface area (Å²) in [7, 11) is 0. The number of rotatable bonds is 1. The van der Waals surface area contributed by atoms with E-state index >= 15 is 0 Å². The summed E-state index contributed by atoms with van der Waals surface area (Å²) in [5.41, 5.74) is -0.255. The number of alkyl halides is 2. The van der Waals surface area contributed by atoms with Gasteiger partial charge in [-0.3, -0.25) is 0 Å². The average molecular weight is 134 g/mol. The minimum atomic E-state index is -2.47. The van der Waals surface area contributed by atoms with Crippen molar-refractivity contribution in [3.63, 3.8) is 0 Å². The average Bonchev–Trinajstić information content (AvgIpc) is 2.12. The van der Waals surface area contributed by atoms with Crippen LogP contribution in [0.25, 0.3) is 0 Å². The van der Waals surface area contributed by atoms with Gasteiger partial charge in [0, 0.05) is 11.4 Å². The summed E-state index contributed by atoms with van der Waals surface area (Å²) in [6.45, 7) is 0. The van der Waals surface area contributed by atoms with Crippen molar-refractivity contribution in [2.75, 3.05) is 0 Å². The zero-order valence-electron chi connectivity index (χ0n) is 3.77. The maximum Gasteiger partial charge on any atom is 0.282 e. The van der Waals surface area contributed by atoms with Gasteiger partial charge in [0.15, 0.2) is 0 Å². The van der Waals surface area contributed by atoms with E-state index in [0.717, 1.165) is 11.5 Å². The van der Waals surface area contributed by atoms with Crippen molar-refractivity contribution in [3.05, 3.63) is 17.1 Å². The van der Waals surface area contributed by atoms with E-state index < -0.39 is 6.43 Å². The molecule has 43 valence electrons. The molecule has 0 aliphatic carbocycles. The van der Waals surface area contributed by atoms with Crippen molar-refractivity contribution in [1.29, 1.82) is 0 Å². The molecule has 1 nitrogen and oxygen atoms in total. The Balaban J connectivity index is 2.77. The molecule has 1 aromatic heterocycles. The third-order valence-corrected chi connectivity index (χ3v) is 1.14. The molecule has 0 amide bonds. The van der Waals surface area contributed by atoms with Crippen LogP contribution in [0.15, 0.2) is 5.38 Å². The third-order valence-electron chi connectivity index (χ3n) is 0.617. The van der Waals surface area contributed by atoms with Crippen molar-refractivity contribution < 1.29 is 8.78 Å². The van der Waals surface area contributed by atoms with E-state index in [2.05, 4.69) is 10.4 Å². The van der Waals surface area contributed by atoms with E-state index in [1.165, 1.54) is 5.38 Å². The minimum absolute atomic E-state index is 0.255. The SMILES string of the molecule is FC(F)c1[c]csn1. The molecule has 0 aliphatic heterocycles. The molecule has 0 saturated heterocycles. The molecule has 0 N–H and O–H groups in total. The predicted octanol–water partition coefficient (Wildman–Crippen LogP) is 1.88. The van der Waals surface area contributed by atoms with E-state index in [0.29, 0.717) is 0 Å². The van der Waals surface area contributed by atoms with Crippen molar-refractivity contribution >= 4 is 11.5 Å². The number of hydrogen-bond acceptors (Lipinski definition) is 2. The van der Waals surface area contributed by atoms with Crippen molar-refractivity contribution in [2.45, 2.75) is 6.43 Å². The Morgan fingerprint density at radius 3 is 2.75 bits per heavy atom. The first-order valence-electron chi connectivity index (χ1n) is 1.91. The normalized spacial score (nSPS) is 10.4.